The number of ketones is 1. The van der Waals surface area contributed by atoms with Gasteiger partial charge in [-0.25, -0.2) is 0 Å². The summed E-state index contributed by atoms with van der Waals surface area (Å²) in [5, 5.41) is 0. The van der Waals surface area contributed by atoms with Crippen molar-refractivity contribution < 1.29 is 19.2 Å². The standard InChI is InChI=1S/C17H30N4O4/c1-17(25)16-21-8-6-19(11-14-23)4-2-18(10-13-22)3-5-20(7-9-21)12-15-24/h13-15H,2-12,16H2,1H3. The van der Waals surface area contributed by atoms with E-state index in [9.17, 15) is 19.2 Å². The van der Waals surface area contributed by atoms with Gasteiger partial charge in [0.15, 0.2) is 0 Å². The summed E-state index contributed by atoms with van der Waals surface area (Å²) in [6.45, 7) is 8.50. The number of hydrogen-bond acceptors (Lipinski definition) is 8. The van der Waals surface area contributed by atoms with Crippen LogP contribution in [-0.2, 0) is 19.2 Å². The van der Waals surface area contributed by atoms with Gasteiger partial charge < -0.3 is 14.4 Å². The Morgan fingerprint density at radius 2 is 0.920 bits per heavy atom. The topological polar surface area (TPSA) is 81.2 Å². The van der Waals surface area contributed by atoms with Crippen LogP contribution in [0.1, 0.15) is 6.92 Å². The lowest BCUT2D eigenvalue weighted by Crippen LogP contribution is -2.47. The van der Waals surface area contributed by atoms with Crippen LogP contribution < -0.4 is 0 Å². The van der Waals surface area contributed by atoms with Crippen LogP contribution in [0.2, 0.25) is 0 Å². The van der Waals surface area contributed by atoms with Crippen molar-refractivity contribution in [3.63, 3.8) is 0 Å². The predicted octanol–water partition coefficient (Wildman–Crippen LogP) is -1.61. The van der Waals surface area contributed by atoms with Gasteiger partial charge in [-0.15, -0.1) is 0 Å². The Kier molecular flexibility index (Phi) is 11.1. The number of Topliss-reactive ketones (excluding diaryl/α,β-unsaturated/α-hetero) is 1. The maximum Gasteiger partial charge on any atom is 0.143 e. The quantitative estimate of drug-likeness (QED) is 0.482. The summed E-state index contributed by atoms with van der Waals surface area (Å²) in [7, 11) is 0. The molecule has 8 nitrogen and oxygen atoms in total. The van der Waals surface area contributed by atoms with Crippen molar-refractivity contribution in [1.29, 1.82) is 0 Å². The van der Waals surface area contributed by atoms with Crippen molar-refractivity contribution >= 4 is 24.6 Å². The van der Waals surface area contributed by atoms with E-state index >= 15 is 0 Å². The molecule has 0 unspecified atom stereocenters. The van der Waals surface area contributed by atoms with E-state index in [0.717, 1.165) is 18.9 Å². The van der Waals surface area contributed by atoms with Crippen LogP contribution >= 0.6 is 0 Å². The first-order chi connectivity index (χ1) is 12.1. The smallest absolute Gasteiger partial charge is 0.143 e. The normalized spacial score (nSPS) is 20.4. The van der Waals surface area contributed by atoms with E-state index in [2.05, 4.69) is 4.90 Å². The average Bonchev–Trinajstić information content (AvgIpc) is 2.57. The summed E-state index contributed by atoms with van der Waals surface area (Å²) in [5.74, 6) is 0.105. The van der Waals surface area contributed by atoms with Gasteiger partial charge >= 0.3 is 0 Å². The number of carbonyl (C=O) groups excluding carboxylic acids is 4. The van der Waals surface area contributed by atoms with Gasteiger partial charge in [-0.2, -0.15) is 0 Å². The van der Waals surface area contributed by atoms with Gasteiger partial charge in [0, 0.05) is 52.4 Å². The first kappa shape index (κ1) is 21.6. The summed E-state index contributed by atoms with van der Waals surface area (Å²) >= 11 is 0. The second-order valence-electron chi connectivity index (χ2n) is 6.38. The van der Waals surface area contributed by atoms with Crippen LogP contribution in [0.5, 0.6) is 0 Å². The molecule has 0 spiro atoms. The number of carbonyl (C=O) groups is 4. The maximum absolute atomic E-state index is 11.5. The molecule has 0 saturated carbocycles. The van der Waals surface area contributed by atoms with Crippen molar-refractivity contribution in [2.24, 2.45) is 0 Å². The molecule has 0 aromatic heterocycles. The lowest BCUT2D eigenvalue weighted by molar-refractivity contribution is -0.118. The number of nitrogens with zero attached hydrogens (tertiary/aromatic N) is 4. The lowest BCUT2D eigenvalue weighted by Gasteiger charge is -2.32. The van der Waals surface area contributed by atoms with Crippen LogP contribution in [0.4, 0.5) is 0 Å². The molecular formula is C17H30N4O4. The van der Waals surface area contributed by atoms with Gasteiger partial charge in [0.2, 0.25) is 0 Å². The predicted molar refractivity (Wildman–Crippen MR) is 94.6 cm³/mol. The summed E-state index contributed by atoms with van der Waals surface area (Å²) in [6, 6.07) is 0. The first-order valence-electron chi connectivity index (χ1n) is 8.78. The fourth-order valence-corrected chi connectivity index (χ4v) is 2.92. The molecule has 1 saturated heterocycles. The Morgan fingerprint density at radius 3 is 1.16 bits per heavy atom. The SMILES string of the molecule is CC(=O)CN1CCN(CC=O)CCN(CC=O)CCN(CC=O)CC1. The molecule has 1 heterocycles. The zero-order valence-electron chi connectivity index (χ0n) is 15.1. The Balaban J connectivity index is 2.78. The second-order valence-corrected chi connectivity index (χ2v) is 6.38. The fourth-order valence-electron chi connectivity index (χ4n) is 2.92. The van der Waals surface area contributed by atoms with Crippen molar-refractivity contribution in [2.75, 3.05) is 78.5 Å². The van der Waals surface area contributed by atoms with E-state index in [4.69, 9.17) is 0 Å². The van der Waals surface area contributed by atoms with E-state index < -0.39 is 0 Å². The van der Waals surface area contributed by atoms with Gasteiger partial charge in [0.1, 0.15) is 24.6 Å². The third-order valence-corrected chi connectivity index (χ3v) is 4.37. The van der Waals surface area contributed by atoms with Crippen molar-refractivity contribution in [3.05, 3.63) is 0 Å². The molecule has 0 amide bonds. The number of rotatable bonds is 8. The summed E-state index contributed by atoms with van der Waals surface area (Å²) in [6.07, 6.45) is 2.66. The molecule has 142 valence electrons. The van der Waals surface area contributed by atoms with Gasteiger partial charge in [-0.05, 0) is 6.92 Å². The van der Waals surface area contributed by atoms with Gasteiger partial charge in [-0.1, -0.05) is 0 Å². The Morgan fingerprint density at radius 1 is 0.640 bits per heavy atom. The second kappa shape index (κ2) is 12.8. The molecule has 0 atom stereocenters. The molecule has 0 bridgehead atoms. The summed E-state index contributed by atoms with van der Waals surface area (Å²) < 4.78 is 0. The zero-order valence-corrected chi connectivity index (χ0v) is 15.1. The van der Waals surface area contributed by atoms with Crippen molar-refractivity contribution in [1.82, 2.24) is 19.6 Å². The van der Waals surface area contributed by atoms with Gasteiger partial charge in [0.25, 0.3) is 0 Å². The molecule has 25 heavy (non-hydrogen) atoms. The van der Waals surface area contributed by atoms with Crippen LogP contribution in [0.25, 0.3) is 0 Å². The highest BCUT2D eigenvalue weighted by Gasteiger charge is 2.16. The Labute approximate surface area is 149 Å². The van der Waals surface area contributed by atoms with Crippen LogP contribution in [0.3, 0.4) is 0 Å². The molecule has 0 aromatic rings. The van der Waals surface area contributed by atoms with Crippen LogP contribution in [0, 0.1) is 0 Å². The molecule has 1 aliphatic rings. The Hall–Kier alpha value is -1.48. The molecule has 0 radical (unpaired) electrons. The first-order valence-corrected chi connectivity index (χ1v) is 8.78. The summed E-state index contributed by atoms with van der Waals surface area (Å²) in [5.41, 5.74) is 0. The maximum atomic E-state index is 11.5. The van der Waals surface area contributed by atoms with E-state index in [1.165, 1.54) is 0 Å². The monoisotopic (exact) mass is 354 g/mol. The number of aldehydes is 3. The highest BCUT2D eigenvalue weighted by atomic mass is 16.1. The molecule has 0 aliphatic carbocycles. The van der Waals surface area contributed by atoms with Crippen LogP contribution in [0.15, 0.2) is 0 Å². The fraction of sp³-hybridized carbons (Fsp3) is 0.765. The largest absolute Gasteiger partial charge is 0.302 e. The highest BCUT2D eigenvalue weighted by Crippen LogP contribution is 2.00. The molecule has 1 fully saturated rings. The Bertz CT molecular complexity index is 407. The third-order valence-electron chi connectivity index (χ3n) is 4.37. The van der Waals surface area contributed by atoms with E-state index in [1.807, 2.05) is 14.7 Å². The zero-order chi connectivity index (χ0) is 18.5. The minimum atomic E-state index is 0.105. The third kappa shape index (κ3) is 9.54. The molecule has 0 N–H and O–H groups in total. The van der Waals surface area contributed by atoms with Crippen molar-refractivity contribution in [2.45, 2.75) is 6.92 Å². The van der Waals surface area contributed by atoms with E-state index in [1.54, 1.807) is 6.92 Å². The highest BCUT2D eigenvalue weighted by molar-refractivity contribution is 5.77. The number of hydrogen-bond donors (Lipinski definition) is 0. The molecule has 8 heteroatoms. The minimum absolute atomic E-state index is 0.105. The molecule has 1 rings (SSSR count). The lowest BCUT2D eigenvalue weighted by atomic mass is 10.3. The van der Waals surface area contributed by atoms with E-state index in [0.29, 0.717) is 78.5 Å². The molecule has 0 aromatic carbocycles. The average molecular weight is 354 g/mol. The van der Waals surface area contributed by atoms with Crippen LogP contribution in [-0.4, -0.2) is 123 Å². The van der Waals surface area contributed by atoms with Gasteiger partial charge in [0.05, 0.1) is 26.2 Å². The van der Waals surface area contributed by atoms with Gasteiger partial charge in [-0.3, -0.25) is 24.4 Å². The minimum Gasteiger partial charge on any atom is -0.302 e. The summed E-state index contributed by atoms with van der Waals surface area (Å²) in [4.78, 5) is 52.4. The van der Waals surface area contributed by atoms with E-state index in [-0.39, 0.29) is 5.78 Å². The molecular weight excluding hydrogens is 324 g/mol. The molecule has 1 aliphatic heterocycles. The van der Waals surface area contributed by atoms with Crippen molar-refractivity contribution in [3.8, 4) is 0 Å².